The summed E-state index contributed by atoms with van der Waals surface area (Å²) in [7, 11) is -3.77. The Labute approximate surface area is 112 Å². The molecule has 1 aliphatic rings. The van der Waals surface area contributed by atoms with Crippen LogP contribution >= 0.6 is 0 Å². The summed E-state index contributed by atoms with van der Waals surface area (Å²) in [6, 6.07) is 2.15. The lowest BCUT2D eigenvalue weighted by Gasteiger charge is -2.36. The summed E-state index contributed by atoms with van der Waals surface area (Å²) in [5, 5.41) is 8.48. The zero-order valence-corrected chi connectivity index (χ0v) is 11.7. The van der Waals surface area contributed by atoms with Gasteiger partial charge in [0.2, 0.25) is 10.9 Å². The van der Waals surface area contributed by atoms with Gasteiger partial charge in [0.25, 0.3) is 10.0 Å². The van der Waals surface area contributed by atoms with Gasteiger partial charge in [0.05, 0.1) is 0 Å². The van der Waals surface area contributed by atoms with Crippen LogP contribution in [0.15, 0.2) is 21.6 Å². The molecule has 1 N–H and O–H groups in total. The van der Waals surface area contributed by atoms with Crippen molar-refractivity contribution in [3.63, 3.8) is 0 Å². The van der Waals surface area contributed by atoms with E-state index in [1.165, 1.54) is 10.4 Å². The summed E-state index contributed by atoms with van der Waals surface area (Å²) in [4.78, 5) is 10.7. The highest BCUT2D eigenvalue weighted by Crippen LogP contribution is 2.30. The predicted molar refractivity (Wildman–Crippen MR) is 67.5 cm³/mol. The van der Waals surface area contributed by atoms with Gasteiger partial charge in [0.15, 0.2) is 0 Å². The number of hydrogen-bond donors (Lipinski definition) is 1. The van der Waals surface area contributed by atoms with Crippen molar-refractivity contribution in [2.75, 3.05) is 0 Å². The Hall–Kier alpha value is -1.34. The minimum atomic E-state index is -3.77. The highest BCUT2D eigenvalue weighted by atomic mass is 32.2. The summed E-state index contributed by atoms with van der Waals surface area (Å²) < 4.78 is 31.3. The molecule has 1 aromatic rings. The van der Waals surface area contributed by atoms with Crippen molar-refractivity contribution in [2.45, 2.75) is 50.3 Å². The first-order valence-corrected chi connectivity index (χ1v) is 7.64. The number of aromatic carboxylic acids is 1. The van der Waals surface area contributed by atoms with E-state index >= 15 is 0 Å². The Morgan fingerprint density at radius 3 is 2.37 bits per heavy atom. The van der Waals surface area contributed by atoms with Crippen LogP contribution in [0.25, 0.3) is 0 Å². The molecule has 0 aromatic carbocycles. The third-order valence-corrected chi connectivity index (χ3v) is 5.44. The molecule has 1 aromatic heterocycles. The molecule has 106 valence electrons. The first-order valence-electron chi connectivity index (χ1n) is 6.20. The van der Waals surface area contributed by atoms with Crippen molar-refractivity contribution < 1.29 is 22.7 Å². The van der Waals surface area contributed by atoms with Gasteiger partial charge in [-0.1, -0.05) is 6.42 Å². The molecular formula is C12H17NO5S. The van der Waals surface area contributed by atoms with Crippen LogP contribution in [0.5, 0.6) is 0 Å². The quantitative estimate of drug-likeness (QED) is 0.917. The van der Waals surface area contributed by atoms with E-state index in [1.54, 1.807) is 0 Å². The Morgan fingerprint density at radius 1 is 1.32 bits per heavy atom. The SMILES string of the molecule is C[C@@H]1CCC[C@H](C)N1S(=O)(=O)c1ccc(C(=O)O)o1. The second-order valence-corrected chi connectivity index (χ2v) is 6.66. The highest BCUT2D eigenvalue weighted by molar-refractivity contribution is 7.89. The molecule has 1 aliphatic heterocycles. The molecule has 2 atom stereocenters. The number of carboxylic acid groups (broad SMARTS) is 1. The maximum absolute atomic E-state index is 12.5. The van der Waals surface area contributed by atoms with Crippen LogP contribution in [0.3, 0.4) is 0 Å². The Bertz CT molecular complexity index is 567. The largest absolute Gasteiger partial charge is 0.475 e. The summed E-state index contributed by atoms with van der Waals surface area (Å²) >= 11 is 0. The van der Waals surface area contributed by atoms with Gasteiger partial charge in [0.1, 0.15) is 0 Å². The molecule has 2 heterocycles. The fraction of sp³-hybridized carbons (Fsp3) is 0.583. The summed E-state index contributed by atoms with van der Waals surface area (Å²) in [5.74, 6) is -1.64. The Balaban J connectivity index is 2.37. The number of piperidine rings is 1. The highest BCUT2D eigenvalue weighted by Gasteiger charge is 2.37. The van der Waals surface area contributed by atoms with E-state index < -0.39 is 16.0 Å². The second-order valence-electron chi connectivity index (χ2n) is 4.89. The first-order chi connectivity index (χ1) is 8.84. The molecule has 2 rings (SSSR count). The molecular weight excluding hydrogens is 270 g/mol. The van der Waals surface area contributed by atoms with Gasteiger partial charge >= 0.3 is 5.97 Å². The van der Waals surface area contributed by atoms with Crippen molar-refractivity contribution >= 4 is 16.0 Å². The molecule has 7 heteroatoms. The molecule has 1 saturated heterocycles. The van der Waals surface area contributed by atoms with Gasteiger partial charge < -0.3 is 9.52 Å². The number of nitrogens with zero attached hydrogens (tertiary/aromatic N) is 1. The molecule has 0 saturated carbocycles. The van der Waals surface area contributed by atoms with Gasteiger partial charge in [0, 0.05) is 12.1 Å². The van der Waals surface area contributed by atoms with E-state index in [2.05, 4.69) is 0 Å². The maximum atomic E-state index is 12.5. The van der Waals surface area contributed by atoms with Crippen LogP contribution in [-0.4, -0.2) is 35.9 Å². The lowest BCUT2D eigenvalue weighted by molar-refractivity contribution is 0.0656. The van der Waals surface area contributed by atoms with Crippen LogP contribution in [0.2, 0.25) is 0 Å². The molecule has 0 aliphatic carbocycles. The molecule has 0 unspecified atom stereocenters. The van der Waals surface area contributed by atoms with Gasteiger partial charge in [-0.2, -0.15) is 4.31 Å². The number of carbonyl (C=O) groups is 1. The van der Waals surface area contributed by atoms with Crippen molar-refractivity contribution in [2.24, 2.45) is 0 Å². The van der Waals surface area contributed by atoms with Crippen LogP contribution in [0, 0.1) is 0 Å². The molecule has 0 bridgehead atoms. The third kappa shape index (κ3) is 2.52. The molecule has 19 heavy (non-hydrogen) atoms. The topological polar surface area (TPSA) is 87.8 Å². The van der Waals surface area contributed by atoms with Crippen molar-refractivity contribution in [1.82, 2.24) is 4.31 Å². The zero-order valence-electron chi connectivity index (χ0n) is 10.9. The second kappa shape index (κ2) is 4.97. The standard InChI is InChI=1S/C12H17NO5S/c1-8-4-3-5-9(2)13(8)19(16,17)11-7-6-10(18-11)12(14)15/h6-9H,3-5H2,1-2H3,(H,14,15)/t8-,9+. The van der Waals surface area contributed by atoms with E-state index in [1.807, 2.05) is 13.8 Å². The van der Waals surface area contributed by atoms with Gasteiger partial charge in [-0.05, 0) is 38.8 Å². The number of sulfonamides is 1. The predicted octanol–water partition coefficient (Wildman–Crippen LogP) is 1.93. The van der Waals surface area contributed by atoms with E-state index in [4.69, 9.17) is 9.52 Å². The maximum Gasteiger partial charge on any atom is 0.371 e. The lowest BCUT2D eigenvalue weighted by atomic mass is 10.0. The Morgan fingerprint density at radius 2 is 1.89 bits per heavy atom. The fourth-order valence-electron chi connectivity index (χ4n) is 2.55. The summed E-state index contributed by atoms with van der Waals surface area (Å²) in [5.41, 5.74) is 0. The van der Waals surface area contributed by atoms with Crippen molar-refractivity contribution in [3.8, 4) is 0 Å². The normalized spacial score (nSPS) is 25.4. The monoisotopic (exact) mass is 287 g/mol. The minimum Gasteiger partial charge on any atom is -0.475 e. The Kier molecular flexibility index (Phi) is 3.69. The minimum absolute atomic E-state index is 0.105. The molecule has 0 spiro atoms. The molecule has 6 nitrogen and oxygen atoms in total. The summed E-state index contributed by atoms with van der Waals surface area (Å²) in [6.45, 7) is 3.71. The van der Waals surface area contributed by atoms with Crippen LogP contribution in [0.1, 0.15) is 43.7 Å². The summed E-state index contributed by atoms with van der Waals surface area (Å²) in [6.07, 6.45) is 2.60. The van der Waals surface area contributed by atoms with E-state index in [0.29, 0.717) is 0 Å². The average molecular weight is 287 g/mol. The number of rotatable bonds is 3. The van der Waals surface area contributed by atoms with Gasteiger partial charge in [-0.3, -0.25) is 0 Å². The van der Waals surface area contributed by atoms with E-state index in [0.717, 1.165) is 25.3 Å². The third-order valence-electron chi connectivity index (χ3n) is 3.44. The van der Waals surface area contributed by atoms with Crippen LogP contribution in [0.4, 0.5) is 0 Å². The first kappa shape index (κ1) is 14.1. The van der Waals surface area contributed by atoms with Crippen LogP contribution < -0.4 is 0 Å². The van der Waals surface area contributed by atoms with Crippen molar-refractivity contribution in [1.29, 1.82) is 0 Å². The lowest BCUT2D eigenvalue weighted by Crippen LogP contribution is -2.47. The van der Waals surface area contributed by atoms with Gasteiger partial charge in [-0.25, -0.2) is 13.2 Å². The number of carboxylic acids is 1. The smallest absolute Gasteiger partial charge is 0.371 e. The van der Waals surface area contributed by atoms with Crippen LogP contribution in [-0.2, 0) is 10.0 Å². The van der Waals surface area contributed by atoms with E-state index in [-0.39, 0.29) is 22.9 Å². The number of hydrogen-bond acceptors (Lipinski definition) is 4. The van der Waals surface area contributed by atoms with Gasteiger partial charge in [-0.15, -0.1) is 0 Å². The molecule has 0 radical (unpaired) electrons. The fourth-order valence-corrected chi connectivity index (χ4v) is 4.35. The van der Waals surface area contributed by atoms with E-state index in [9.17, 15) is 13.2 Å². The molecule has 1 fully saturated rings. The molecule has 0 amide bonds. The zero-order chi connectivity index (χ0) is 14.2. The van der Waals surface area contributed by atoms with Crippen molar-refractivity contribution in [3.05, 3.63) is 17.9 Å². The number of furan rings is 1. The average Bonchev–Trinajstić information content (AvgIpc) is 2.78.